The summed E-state index contributed by atoms with van der Waals surface area (Å²) in [5.41, 5.74) is 14.2. The van der Waals surface area contributed by atoms with Gasteiger partial charge in [0, 0.05) is 28.4 Å². The van der Waals surface area contributed by atoms with Gasteiger partial charge in [-0.05, 0) is 61.1 Å². The minimum absolute atomic E-state index is 0.207. The summed E-state index contributed by atoms with van der Waals surface area (Å²) < 4.78 is 0. The van der Waals surface area contributed by atoms with E-state index >= 15 is 0 Å². The topological polar surface area (TPSA) is 111 Å². The Labute approximate surface area is 155 Å². The van der Waals surface area contributed by atoms with Crippen molar-refractivity contribution in [2.24, 2.45) is 0 Å². The van der Waals surface area contributed by atoms with Crippen LogP contribution >= 0.6 is 0 Å². The molecule has 5 N–H and O–H groups in total. The van der Waals surface area contributed by atoms with E-state index in [0.717, 1.165) is 64.4 Å². The van der Waals surface area contributed by atoms with Gasteiger partial charge in [-0.1, -0.05) is 6.07 Å². The Morgan fingerprint density at radius 2 is 1.81 bits per heavy atom. The first-order valence-electron chi connectivity index (χ1n) is 9.12. The van der Waals surface area contributed by atoms with Crippen molar-refractivity contribution >= 4 is 33.8 Å². The van der Waals surface area contributed by atoms with Crippen LogP contribution in [-0.4, -0.2) is 21.2 Å². The molecule has 2 heterocycles. The molecule has 0 spiro atoms. The number of fused-ring (bicyclic) bond motifs is 4. The van der Waals surface area contributed by atoms with Gasteiger partial charge in [0.25, 0.3) is 0 Å². The number of aromatic nitrogens is 3. The Morgan fingerprint density at radius 1 is 1.04 bits per heavy atom. The number of nitrogen functional groups attached to an aromatic ring is 1. The molecule has 0 radical (unpaired) electrons. The number of nitrogens with one attached hydrogen (secondary N) is 3. The summed E-state index contributed by atoms with van der Waals surface area (Å²) in [5, 5.41) is 8.84. The van der Waals surface area contributed by atoms with Crippen LogP contribution in [0.4, 0.5) is 5.69 Å². The zero-order valence-corrected chi connectivity index (χ0v) is 14.7. The lowest BCUT2D eigenvalue weighted by Crippen LogP contribution is -2.09. The second-order valence-corrected chi connectivity index (χ2v) is 7.07. The van der Waals surface area contributed by atoms with Crippen molar-refractivity contribution in [3.8, 4) is 11.3 Å². The molecule has 5 rings (SSSR count). The lowest BCUT2D eigenvalue weighted by molar-refractivity contribution is 0.689. The molecule has 0 amide bonds. The molecule has 2 aromatic heterocycles. The van der Waals surface area contributed by atoms with E-state index in [0.29, 0.717) is 5.69 Å². The third kappa shape index (κ3) is 2.37. The van der Waals surface area contributed by atoms with Crippen molar-refractivity contribution in [1.82, 2.24) is 15.0 Å². The summed E-state index contributed by atoms with van der Waals surface area (Å²) in [4.78, 5) is 22.2. The molecule has 0 fully saturated rings. The van der Waals surface area contributed by atoms with Gasteiger partial charge < -0.3 is 21.1 Å². The number of benzene rings is 2. The molecule has 6 heteroatoms. The van der Waals surface area contributed by atoms with Crippen LogP contribution in [0.15, 0.2) is 35.1 Å². The maximum atomic E-state index is 11.6. The normalized spacial score (nSPS) is 13.8. The number of hydrogen-bond acceptors (Lipinski definition) is 4. The van der Waals surface area contributed by atoms with Gasteiger partial charge in [-0.25, -0.2) is 9.78 Å². The van der Waals surface area contributed by atoms with Crippen molar-refractivity contribution in [3.05, 3.63) is 57.5 Å². The smallest absolute Gasteiger partial charge is 0.323 e. The predicted molar refractivity (Wildman–Crippen MR) is 109 cm³/mol. The molecule has 0 saturated carbocycles. The Balaban J connectivity index is 1.85. The highest BCUT2D eigenvalue weighted by molar-refractivity contribution is 6.05. The fraction of sp³-hybridized carbons (Fsp3) is 0.190. The lowest BCUT2D eigenvalue weighted by Gasteiger charge is -2.22. The molecule has 134 valence electrons. The van der Waals surface area contributed by atoms with Crippen molar-refractivity contribution in [2.75, 3.05) is 5.73 Å². The van der Waals surface area contributed by atoms with Crippen LogP contribution in [0.2, 0.25) is 0 Å². The van der Waals surface area contributed by atoms with E-state index < -0.39 is 0 Å². The van der Waals surface area contributed by atoms with Crippen LogP contribution in [0.25, 0.3) is 33.2 Å². The number of nitrogens with zero attached hydrogens (tertiary/aromatic N) is 1. The van der Waals surface area contributed by atoms with Gasteiger partial charge in [0.15, 0.2) is 0 Å². The first kappa shape index (κ1) is 15.8. The maximum absolute atomic E-state index is 11.6. The second kappa shape index (κ2) is 5.81. The zero-order valence-electron chi connectivity index (χ0n) is 14.7. The minimum Gasteiger partial charge on any atom is -0.398 e. The summed E-state index contributed by atoms with van der Waals surface area (Å²) in [5.74, 6) is 0. The minimum atomic E-state index is -0.207. The van der Waals surface area contributed by atoms with Crippen molar-refractivity contribution in [2.45, 2.75) is 25.7 Å². The van der Waals surface area contributed by atoms with Crippen LogP contribution in [0.5, 0.6) is 0 Å². The van der Waals surface area contributed by atoms with Crippen LogP contribution in [0.1, 0.15) is 29.5 Å². The van der Waals surface area contributed by atoms with Gasteiger partial charge in [0.1, 0.15) is 0 Å². The molecule has 1 aliphatic carbocycles. The quantitative estimate of drug-likeness (QED) is 0.325. The maximum Gasteiger partial charge on any atom is 0.323 e. The number of anilines is 1. The molecule has 0 atom stereocenters. The molecule has 27 heavy (non-hydrogen) atoms. The van der Waals surface area contributed by atoms with E-state index in [9.17, 15) is 4.79 Å². The van der Waals surface area contributed by atoms with Crippen LogP contribution in [0, 0.1) is 5.41 Å². The number of aryl methyl sites for hydroxylation is 1. The van der Waals surface area contributed by atoms with Gasteiger partial charge in [-0.2, -0.15) is 0 Å². The highest BCUT2D eigenvalue weighted by Crippen LogP contribution is 2.37. The monoisotopic (exact) mass is 357 g/mol. The highest BCUT2D eigenvalue weighted by Gasteiger charge is 2.21. The van der Waals surface area contributed by atoms with E-state index in [1.54, 1.807) is 0 Å². The number of nitrogens with two attached hydrogens (primary N) is 1. The Morgan fingerprint density at radius 3 is 2.63 bits per heavy atom. The highest BCUT2D eigenvalue weighted by atomic mass is 16.1. The second-order valence-electron chi connectivity index (χ2n) is 7.07. The first-order valence-corrected chi connectivity index (χ1v) is 9.12. The molecule has 0 aliphatic heterocycles. The molecule has 0 saturated heterocycles. The summed E-state index contributed by atoms with van der Waals surface area (Å²) in [6.45, 7) is 0. The molecule has 0 unspecified atom stereocenters. The zero-order chi connectivity index (χ0) is 18.5. The van der Waals surface area contributed by atoms with Crippen molar-refractivity contribution < 1.29 is 0 Å². The van der Waals surface area contributed by atoms with Gasteiger partial charge >= 0.3 is 5.69 Å². The average molecular weight is 357 g/mol. The summed E-state index contributed by atoms with van der Waals surface area (Å²) in [6, 6.07) is 9.65. The standard InChI is InChI=1S/C21H19N5O/c22-10-14-15(23)6-8-17-19(14)12-3-1-2-4-13(12)20(24-17)11-5-7-16-18(9-11)26-21(27)25-16/h5-10,22H,1-4,23H2,(H2,25,26,27). The van der Waals surface area contributed by atoms with Crippen LogP contribution in [-0.2, 0) is 12.8 Å². The number of rotatable bonds is 2. The lowest BCUT2D eigenvalue weighted by atomic mass is 9.85. The number of hydrogen-bond donors (Lipinski definition) is 4. The summed E-state index contributed by atoms with van der Waals surface area (Å²) in [7, 11) is 0. The van der Waals surface area contributed by atoms with E-state index in [2.05, 4.69) is 9.97 Å². The molecular formula is C21H19N5O. The Hall–Kier alpha value is -3.41. The predicted octanol–water partition coefficient (Wildman–Crippen LogP) is 3.53. The third-order valence-corrected chi connectivity index (χ3v) is 5.48. The van der Waals surface area contributed by atoms with Crippen LogP contribution in [0.3, 0.4) is 0 Å². The Kier molecular flexibility index (Phi) is 3.40. The van der Waals surface area contributed by atoms with Crippen molar-refractivity contribution in [3.63, 3.8) is 0 Å². The molecule has 2 aromatic carbocycles. The molecule has 0 bridgehead atoms. The third-order valence-electron chi connectivity index (χ3n) is 5.48. The molecular weight excluding hydrogens is 338 g/mol. The number of pyridine rings is 1. The SMILES string of the molecule is N=Cc1c(N)ccc2nc(-c3ccc4[nH]c(=O)[nH]c4c3)c3c(c12)CCCC3. The van der Waals surface area contributed by atoms with Gasteiger partial charge in [-0.15, -0.1) is 0 Å². The van der Waals surface area contributed by atoms with Crippen molar-refractivity contribution in [1.29, 1.82) is 5.41 Å². The Bertz CT molecular complexity index is 1280. The van der Waals surface area contributed by atoms with Gasteiger partial charge in [-0.3, -0.25) is 0 Å². The first-order chi connectivity index (χ1) is 13.2. The average Bonchev–Trinajstić information content (AvgIpc) is 3.06. The van der Waals surface area contributed by atoms with Gasteiger partial charge in [0.05, 0.1) is 22.2 Å². The van der Waals surface area contributed by atoms with E-state index in [-0.39, 0.29) is 5.69 Å². The number of aromatic amines is 2. The summed E-state index contributed by atoms with van der Waals surface area (Å²) >= 11 is 0. The molecule has 1 aliphatic rings. The fourth-order valence-electron chi connectivity index (χ4n) is 4.24. The summed E-state index contributed by atoms with van der Waals surface area (Å²) in [6.07, 6.45) is 5.52. The van der Waals surface area contributed by atoms with E-state index in [1.165, 1.54) is 17.3 Å². The van der Waals surface area contributed by atoms with Crippen LogP contribution < -0.4 is 11.4 Å². The number of imidazole rings is 1. The fourth-order valence-corrected chi connectivity index (χ4v) is 4.24. The van der Waals surface area contributed by atoms with E-state index in [1.807, 2.05) is 30.3 Å². The number of H-pyrrole nitrogens is 2. The molecule has 6 nitrogen and oxygen atoms in total. The van der Waals surface area contributed by atoms with Gasteiger partial charge in [0.2, 0.25) is 0 Å². The van der Waals surface area contributed by atoms with E-state index in [4.69, 9.17) is 16.1 Å². The largest absolute Gasteiger partial charge is 0.398 e. The molecule has 4 aromatic rings.